The summed E-state index contributed by atoms with van der Waals surface area (Å²) in [5, 5.41) is 9.74. The number of nitrogens with zero attached hydrogens (tertiary/aromatic N) is 5. The molecule has 1 heterocycles. The van der Waals surface area contributed by atoms with E-state index in [-0.39, 0.29) is 0 Å². The van der Waals surface area contributed by atoms with Crippen molar-refractivity contribution in [3.63, 3.8) is 0 Å². The van der Waals surface area contributed by atoms with E-state index in [0.29, 0.717) is 0 Å². The third-order valence-electron chi connectivity index (χ3n) is 9.33. The molecule has 1 aromatic heterocycles. The molecule has 6 aromatic carbocycles. The van der Waals surface area contributed by atoms with Crippen molar-refractivity contribution in [2.75, 3.05) is 27.2 Å². The van der Waals surface area contributed by atoms with Gasteiger partial charge in [-0.2, -0.15) is 0 Å². The molecule has 0 N–H and O–H groups in total. The highest BCUT2D eigenvalue weighted by atomic mass is 15.5. The van der Waals surface area contributed by atoms with Gasteiger partial charge in [0.05, 0.1) is 5.52 Å². The third kappa shape index (κ3) is 6.95. The van der Waals surface area contributed by atoms with Gasteiger partial charge in [0.1, 0.15) is 11.1 Å². The molecule has 244 valence electrons. The van der Waals surface area contributed by atoms with Gasteiger partial charge in [-0.05, 0) is 84.2 Å². The molecule has 0 bridgehead atoms. The van der Waals surface area contributed by atoms with E-state index in [1.54, 1.807) is 0 Å². The third-order valence-corrected chi connectivity index (χ3v) is 9.33. The quantitative estimate of drug-likeness (QED) is 0.118. The Kier molecular flexibility index (Phi) is 9.74. The van der Waals surface area contributed by atoms with Gasteiger partial charge in [0.15, 0.2) is 0 Å². The number of hydrogen-bond acceptors (Lipinski definition) is 4. The second-order valence-electron chi connectivity index (χ2n) is 13.1. The van der Waals surface area contributed by atoms with Crippen LogP contribution in [0.25, 0.3) is 22.2 Å². The maximum absolute atomic E-state index is 4.93. The largest absolute Gasteiger partial charge is 0.309 e. The van der Waals surface area contributed by atoms with E-state index in [0.717, 1.165) is 65.9 Å². The Morgan fingerprint density at radius 1 is 0.531 bits per heavy atom. The van der Waals surface area contributed by atoms with E-state index >= 15 is 0 Å². The van der Waals surface area contributed by atoms with Crippen LogP contribution in [-0.4, -0.2) is 52.0 Å². The first-order valence-corrected chi connectivity index (χ1v) is 17.1. The average Bonchev–Trinajstić information content (AvgIpc) is 3.57. The van der Waals surface area contributed by atoms with Gasteiger partial charge in [0.25, 0.3) is 0 Å². The lowest BCUT2D eigenvalue weighted by Gasteiger charge is -2.36. The highest BCUT2D eigenvalue weighted by molar-refractivity contribution is 5.82. The van der Waals surface area contributed by atoms with Crippen molar-refractivity contribution in [3.8, 4) is 11.1 Å². The van der Waals surface area contributed by atoms with Crippen LogP contribution < -0.4 is 0 Å². The fourth-order valence-corrected chi connectivity index (χ4v) is 7.03. The summed E-state index contributed by atoms with van der Waals surface area (Å²) >= 11 is 0. The zero-order chi connectivity index (χ0) is 33.5. The normalized spacial score (nSPS) is 11.8. The second-order valence-corrected chi connectivity index (χ2v) is 13.1. The fraction of sp³-hybridized carbons (Fsp3) is 0.182. The molecule has 0 saturated carbocycles. The van der Waals surface area contributed by atoms with E-state index in [2.05, 4.69) is 192 Å². The molecule has 7 aromatic rings. The predicted octanol–water partition coefficient (Wildman–Crippen LogP) is 8.89. The minimum Gasteiger partial charge on any atom is -0.309 e. The van der Waals surface area contributed by atoms with Crippen LogP contribution in [0.15, 0.2) is 164 Å². The molecule has 0 radical (unpaired) electrons. The summed E-state index contributed by atoms with van der Waals surface area (Å²) in [6, 6.07) is 58.3. The number of benzene rings is 6. The van der Waals surface area contributed by atoms with Crippen LogP contribution in [-0.2, 0) is 18.6 Å². The summed E-state index contributed by atoms with van der Waals surface area (Å²) in [5.41, 5.74) is 9.47. The SMILES string of the molecule is CN(C)CCCN(Cc1ccccc1)Cc1cccc(-c2ccc3c(c2)nnn3C(c2ccccc2)(c2ccccc2)c2ccccc2)c1. The monoisotopic (exact) mass is 641 g/mol. The van der Waals surface area contributed by atoms with E-state index < -0.39 is 5.54 Å². The molecule has 0 saturated heterocycles. The average molecular weight is 642 g/mol. The van der Waals surface area contributed by atoms with E-state index in [9.17, 15) is 0 Å². The van der Waals surface area contributed by atoms with Gasteiger partial charge >= 0.3 is 0 Å². The first-order valence-electron chi connectivity index (χ1n) is 17.1. The molecule has 0 unspecified atom stereocenters. The second kappa shape index (κ2) is 14.8. The Bertz CT molecular complexity index is 1980. The number of rotatable bonds is 13. The van der Waals surface area contributed by atoms with Gasteiger partial charge in [-0.3, -0.25) is 4.90 Å². The molecule has 49 heavy (non-hydrogen) atoms. The van der Waals surface area contributed by atoms with Crippen LogP contribution in [0.5, 0.6) is 0 Å². The Hall–Kier alpha value is -5.36. The Morgan fingerprint density at radius 2 is 1.06 bits per heavy atom. The van der Waals surface area contributed by atoms with Crippen LogP contribution in [0.4, 0.5) is 0 Å². The van der Waals surface area contributed by atoms with Gasteiger partial charge in [0, 0.05) is 19.6 Å². The predicted molar refractivity (Wildman–Crippen MR) is 201 cm³/mol. The van der Waals surface area contributed by atoms with Crippen molar-refractivity contribution in [3.05, 3.63) is 192 Å². The van der Waals surface area contributed by atoms with Crippen LogP contribution in [0, 0.1) is 0 Å². The fourth-order valence-electron chi connectivity index (χ4n) is 7.03. The molecule has 7 rings (SSSR count). The van der Waals surface area contributed by atoms with E-state index in [1.165, 1.54) is 16.7 Å². The highest BCUT2D eigenvalue weighted by Gasteiger charge is 2.40. The van der Waals surface area contributed by atoms with E-state index in [4.69, 9.17) is 10.3 Å². The molecule has 5 heteroatoms. The Labute approximate surface area is 290 Å². The molecular formula is C44H43N5. The first-order chi connectivity index (χ1) is 24.1. The molecule has 0 fully saturated rings. The number of fused-ring (bicyclic) bond motifs is 1. The van der Waals surface area contributed by atoms with Crippen molar-refractivity contribution in [1.82, 2.24) is 24.8 Å². The molecule has 0 spiro atoms. The van der Waals surface area contributed by atoms with E-state index in [1.807, 2.05) is 0 Å². The molecule has 0 atom stereocenters. The van der Waals surface area contributed by atoms with Gasteiger partial charge in [-0.25, -0.2) is 4.68 Å². The summed E-state index contributed by atoms with van der Waals surface area (Å²) in [5.74, 6) is 0. The first kappa shape index (κ1) is 32.2. The van der Waals surface area contributed by atoms with Crippen molar-refractivity contribution >= 4 is 11.0 Å². The standard InChI is InChI=1S/C44H43N5/c1-47(2)29-16-30-48(33-35-17-7-3-8-18-35)34-36-19-15-20-37(31-36)38-27-28-43-42(32-38)45-46-49(43)44(39-21-9-4-10-22-39,40-23-11-5-12-24-40)41-25-13-6-14-26-41/h3-15,17-28,31-32H,16,29-30,33-34H2,1-2H3. The maximum Gasteiger partial charge on any atom is 0.140 e. The van der Waals surface area contributed by atoms with Crippen molar-refractivity contribution in [2.45, 2.75) is 25.0 Å². The maximum atomic E-state index is 4.93. The highest BCUT2D eigenvalue weighted by Crippen LogP contribution is 2.42. The zero-order valence-electron chi connectivity index (χ0n) is 28.4. The minimum absolute atomic E-state index is 0.714. The summed E-state index contributed by atoms with van der Waals surface area (Å²) in [4.78, 5) is 4.82. The smallest absolute Gasteiger partial charge is 0.140 e. The van der Waals surface area contributed by atoms with Gasteiger partial charge in [-0.1, -0.05) is 151 Å². The molecule has 0 aliphatic rings. The van der Waals surface area contributed by atoms with Crippen LogP contribution in [0.2, 0.25) is 0 Å². The van der Waals surface area contributed by atoms with Crippen molar-refractivity contribution in [2.24, 2.45) is 0 Å². The van der Waals surface area contributed by atoms with Crippen LogP contribution in [0.3, 0.4) is 0 Å². The van der Waals surface area contributed by atoms with Crippen molar-refractivity contribution in [1.29, 1.82) is 0 Å². The number of hydrogen-bond donors (Lipinski definition) is 0. The number of aromatic nitrogens is 3. The summed E-state index contributed by atoms with van der Waals surface area (Å²) in [6.07, 6.45) is 1.13. The van der Waals surface area contributed by atoms with Crippen LogP contribution >= 0.6 is 0 Å². The summed E-state index contributed by atoms with van der Waals surface area (Å²) in [6.45, 7) is 3.94. The molecule has 0 aliphatic heterocycles. The lowest BCUT2D eigenvalue weighted by Crippen LogP contribution is -2.38. The lowest BCUT2D eigenvalue weighted by molar-refractivity contribution is 0.240. The summed E-state index contributed by atoms with van der Waals surface area (Å²) < 4.78 is 2.11. The molecule has 5 nitrogen and oxygen atoms in total. The van der Waals surface area contributed by atoms with Gasteiger partial charge < -0.3 is 4.90 Å². The topological polar surface area (TPSA) is 37.2 Å². The Morgan fingerprint density at radius 3 is 1.65 bits per heavy atom. The Balaban J connectivity index is 1.25. The summed E-state index contributed by atoms with van der Waals surface area (Å²) in [7, 11) is 4.29. The zero-order valence-corrected chi connectivity index (χ0v) is 28.4. The lowest BCUT2D eigenvalue weighted by atomic mass is 9.77. The van der Waals surface area contributed by atoms with Crippen molar-refractivity contribution < 1.29 is 0 Å². The van der Waals surface area contributed by atoms with Gasteiger partial charge in [-0.15, -0.1) is 5.10 Å². The van der Waals surface area contributed by atoms with Gasteiger partial charge in [0.2, 0.25) is 0 Å². The molecule has 0 aliphatic carbocycles. The molecule has 0 amide bonds. The molecular weight excluding hydrogens is 599 g/mol. The minimum atomic E-state index is -0.714. The van der Waals surface area contributed by atoms with Crippen LogP contribution in [0.1, 0.15) is 34.2 Å².